The maximum Gasteiger partial charge on any atom is 0.171 e. The van der Waals surface area contributed by atoms with Crippen molar-refractivity contribution in [2.75, 3.05) is 0 Å². The first-order valence-corrected chi connectivity index (χ1v) is 5.15. The van der Waals surface area contributed by atoms with Gasteiger partial charge in [0.25, 0.3) is 0 Å². The van der Waals surface area contributed by atoms with Crippen LogP contribution in [0, 0.1) is 17.1 Å². The SMILES string of the molecule is N#Cc1cc(Oc2cncc(F)c2)cnc1/N=C\N. The molecule has 94 valence electrons. The van der Waals surface area contributed by atoms with Gasteiger partial charge in [-0.3, -0.25) is 4.98 Å². The van der Waals surface area contributed by atoms with Crippen LogP contribution in [0.5, 0.6) is 11.5 Å². The van der Waals surface area contributed by atoms with Gasteiger partial charge in [0.2, 0.25) is 0 Å². The lowest BCUT2D eigenvalue weighted by Gasteiger charge is -2.05. The van der Waals surface area contributed by atoms with Crippen molar-refractivity contribution in [2.24, 2.45) is 10.7 Å². The second-order valence-corrected chi connectivity index (χ2v) is 3.37. The average Bonchev–Trinajstić information content (AvgIpc) is 2.41. The molecule has 7 heteroatoms. The second-order valence-electron chi connectivity index (χ2n) is 3.37. The van der Waals surface area contributed by atoms with Gasteiger partial charge in [0, 0.05) is 12.1 Å². The number of nitrogens with zero attached hydrogens (tertiary/aromatic N) is 4. The Morgan fingerprint density at radius 3 is 2.79 bits per heavy atom. The van der Waals surface area contributed by atoms with E-state index in [4.69, 9.17) is 15.7 Å². The van der Waals surface area contributed by atoms with E-state index in [-0.39, 0.29) is 22.9 Å². The third kappa shape index (κ3) is 3.01. The number of hydrogen-bond donors (Lipinski definition) is 1. The van der Waals surface area contributed by atoms with Gasteiger partial charge < -0.3 is 10.5 Å². The zero-order chi connectivity index (χ0) is 13.7. The quantitative estimate of drug-likeness (QED) is 0.669. The monoisotopic (exact) mass is 257 g/mol. The van der Waals surface area contributed by atoms with Crippen molar-refractivity contribution in [1.82, 2.24) is 9.97 Å². The molecule has 6 nitrogen and oxygen atoms in total. The van der Waals surface area contributed by atoms with Crippen molar-refractivity contribution in [1.29, 1.82) is 5.26 Å². The fraction of sp³-hybridized carbons (Fsp3) is 0. The number of nitrogens with two attached hydrogens (primary N) is 1. The zero-order valence-electron chi connectivity index (χ0n) is 9.62. The van der Waals surface area contributed by atoms with Crippen molar-refractivity contribution in [3.8, 4) is 17.6 Å². The Morgan fingerprint density at radius 2 is 2.11 bits per heavy atom. The van der Waals surface area contributed by atoms with Gasteiger partial charge in [-0.2, -0.15) is 5.26 Å². The van der Waals surface area contributed by atoms with Crippen LogP contribution in [-0.2, 0) is 0 Å². The zero-order valence-corrected chi connectivity index (χ0v) is 9.62. The highest BCUT2D eigenvalue weighted by Gasteiger charge is 2.06. The summed E-state index contributed by atoms with van der Waals surface area (Å²) in [7, 11) is 0. The summed E-state index contributed by atoms with van der Waals surface area (Å²) < 4.78 is 18.3. The number of ether oxygens (including phenoxy) is 1. The topological polar surface area (TPSA) is 97.2 Å². The molecular formula is C12H8FN5O. The molecule has 0 amide bonds. The van der Waals surface area contributed by atoms with Gasteiger partial charge in [0.1, 0.15) is 28.9 Å². The van der Waals surface area contributed by atoms with E-state index in [9.17, 15) is 4.39 Å². The lowest BCUT2D eigenvalue weighted by atomic mass is 10.3. The third-order valence-electron chi connectivity index (χ3n) is 2.07. The van der Waals surface area contributed by atoms with Crippen LogP contribution < -0.4 is 10.5 Å². The van der Waals surface area contributed by atoms with E-state index < -0.39 is 5.82 Å². The molecule has 0 aliphatic heterocycles. The van der Waals surface area contributed by atoms with Gasteiger partial charge >= 0.3 is 0 Å². The Hall–Kier alpha value is -3.01. The van der Waals surface area contributed by atoms with E-state index in [2.05, 4.69) is 15.0 Å². The number of pyridine rings is 2. The van der Waals surface area contributed by atoms with E-state index >= 15 is 0 Å². The van der Waals surface area contributed by atoms with Crippen LogP contribution >= 0.6 is 0 Å². The molecule has 0 radical (unpaired) electrons. The highest BCUT2D eigenvalue weighted by molar-refractivity contribution is 5.61. The molecule has 2 heterocycles. The van der Waals surface area contributed by atoms with Crippen molar-refractivity contribution in [3.05, 3.63) is 42.1 Å². The van der Waals surface area contributed by atoms with E-state index in [1.54, 1.807) is 0 Å². The highest BCUT2D eigenvalue weighted by atomic mass is 19.1. The summed E-state index contributed by atoms with van der Waals surface area (Å²) in [6, 6.07) is 4.52. The smallest absolute Gasteiger partial charge is 0.171 e. The molecule has 0 saturated heterocycles. The van der Waals surface area contributed by atoms with Gasteiger partial charge in [-0.05, 0) is 0 Å². The Kier molecular flexibility index (Phi) is 3.64. The normalized spacial score (nSPS) is 10.3. The minimum Gasteiger partial charge on any atom is -0.454 e. The number of aromatic nitrogens is 2. The molecule has 0 bridgehead atoms. The predicted molar refractivity (Wildman–Crippen MR) is 65.6 cm³/mol. The van der Waals surface area contributed by atoms with Crippen LogP contribution in [0.2, 0.25) is 0 Å². The summed E-state index contributed by atoms with van der Waals surface area (Å²) in [6.07, 6.45) is 4.81. The fourth-order valence-electron chi connectivity index (χ4n) is 1.33. The van der Waals surface area contributed by atoms with Crippen molar-refractivity contribution in [3.63, 3.8) is 0 Å². The van der Waals surface area contributed by atoms with Crippen molar-refractivity contribution in [2.45, 2.75) is 0 Å². The standard InChI is InChI=1S/C12H8FN5O/c13-9-2-11(5-16-4-9)19-10-1-8(3-14)12(17-6-10)18-7-15/h1-2,4-7H,(H2,15,17,18). The number of aliphatic imine (C=N–C) groups is 1. The highest BCUT2D eigenvalue weighted by Crippen LogP contribution is 2.24. The average molecular weight is 257 g/mol. The first-order chi connectivity index (χ1) is 9.22. The molecule has 0 atom stereocenters. The molecule has 0 spiro atoms. The van der Waals surface area contributed by atoms with Crippen LogP contribution in [0.3, 0.4) is 0 Å². The van der Waals surface area contributed by atoms with E-state index in [0.717, 1.165) is 12.5 Å². The lowest BCUT2D eigenvalue weighted by molar-refractivity contribution is 0.471. The van der Waals surface area contributed by atoms with Gasteiger partial charge in [0.05, 0.1) is 24.9 Å². The summed E-state index contributed by atoms with van der Waals surface area (Å²) in [5, 5.41) is 8.95. The van der Waals surface area contributed by atoms with Crippen LogP contribution in [0.1, 0.15) is 5.56 Å². The summed E-state index contributed by atoms with van der Waals surface area (Å²) in [6.45, 7) is 0. The molecule has 0 fully saturated rings. The largest absolute Gasteiger partial charge is 0.454 e. The van der Waals surface area contributed by atoms with Crippen molar-refractivity contribution >= 4 is 12.2 Å². The molecule has 2 rings (SSSR count). The molecule has 19 heavy (non-hydrogen) atoms. The minimum absolute atomic E-state index is 0.190. The summed E-state index contributed by atoms with van der Waals surface area (Å²) >= 11 is 0. The molecular weight excluding hydrogens is 249 g/mol. The molecule has 2 aromatic rings. The molecule has 0 unspecified atom stereocenters. The molecule has 2 N–H and O–H groups in total. The maximum absolute atomic E-state index is 12.9. The number of halogens is 1. The molecule has 0 aromatic carbocycles. The summed E-state index contributed by atoms with van der Waals surface area (Å²) in [4.78, 5) is 11.3. The van der Waals surface area contributed by atoms with E-state index in [0.29, 0.717) is 0 Å². The third-order valence-corrected chi connectivity index (χ3v) is 2.07. The number of hydrogen-bond acceptors (Lipinski definition) is 5. The number of rotatable bonds is 3. The first kappa shape index (κ1) is 12.4. The van der Waals surface area contributed by atoms with Crippen LogP contribution in [0.4, 0.5) is 10.2 Å². The van der Waals surface area contributed by atoms with Crippen molar-refractivity contribution < 1.29 is 9.13 Å². The number of nitriles is 1. The molecule has 0 aliphatic carbocycles. The summed E-state index contributed by atoms with van der Waals surface area (Å²) in [5.74, 6) is 0.158. The van der Waals surface area contributed by atoms with Gasteiger partial charge in [0.15, 0.2) is 5.82 Å². The Bertz CT molecular complexity index is 665. The maximum atomic E-state index is 12.9. The van der Waals surface area contributed by atoms with Crippen LogP contribution in [0.25, 0.3) is 0 Å². The van der Waals surface area contributed by atoms with E-state index in [1.807, 2.05) is 6.07 Å². The van der Waals surface area contributed by atoms with Gasteiger partial charge in [-0.1, -0.05) is 0 Å². The van der Waals surface area contributed by atoms with Crippen LogP contribution in [0.15, 0.2) is 35.7 Å². The molecule has 0 saturated carbocycles. The first-order valence-electron chi connectivity index (χ1n) is 5.15. The Morgan fingerprint density at radius 1 is 1.32 bits per heavy atom. The van der Waals surface area contributed by atoms with Crippen LogP contribution in [-0.4, -0.2) is 16.3 Å². The van der Waals surface area contributed by atoms with E-state index in [1.165, 1.54) is 24.5 Å². The second kappa shape index (κ2) is 5.55. The fourth-order valence-corrected chi connectivity index (χ4v) is 1.33. The summed E-state index contributed by atoms with van der Waals surface area (Å²) in [5.41, 5.74) is 5.34. The lowest BCUT2D eigenvalue weighted by Crippen LogP contribution is -1.92. The van der Waals surface area contributed by atoms with Gasteiger partial charge in [-0.15, -0.1) is 0 Å². The Balaban J connectivity index is 2.30. The Labute approximate surface area is 108 Å². The predicted octanol–water partition coefficient (Wildman–Crippen LogP) is 1.90. The molecule has 2 aromatic heterocycles. The molecule has 0 aliphatic rings. The van der Waals surface area contributed by atoms with Gasteiger partial charge in [-0.25, -0.2) is 14.4 Å². The minimum atomic E-state index is -0.518.